The number of ether oxygens (including phenoxy) is 2. The van der Waals surface area contributed by atoms with Crippen molar-refractivity contribution < 1.29 is 14.3 Å². The minimum atomic E-state index is -0.0914. The van der Waals surface area contributed by atoms with E-state index in [4.69, 9.17) is 9.47 Å². The molecule has 0 radical (unpaired) electrons. The summed E-state index contributed by atoms with van der Waals surface area (Å²) >= 11 is 0. The van der Waals surface area contributed by atoms with E-state index >= 15 is 0 Å². The van der Waals surface area contributed by atoms with Crippen LogP contribution in [0.3, 0.4) is 0 Å². The van der Waals surface area contributed by atoms with Gasteiger partial charge in [-0.2, -0.15) is 0 Å². The highest BCUT2D eigenvalue weighted by atomic mass is 16.5. The first kappa shape index (κ1) is 18.7. The van der Waals surface area contributed by atoms with Crippen molar-refractivity contribution in [3.05, 3.63) is 29.8 Å². The Morgan fingerprint density at radius 3 is 2.71 bits per heavy atom. The van der Waals surface area contributed by atoms with Crippen molar-refractivity contribution in [2.24, 2.45) is 0 Å². The molecule has 1 fully saturated rings. The first-order valence-electron chi connectivity index (χ1n) is 8.71. The van der Waals surface area contributed by atoms with E-state index in [1.165, 1.54) is 5.56 Å². The third kappa shape index (κ3) is 5.49. The zero-order chi connectivity index (χ0) is 17.6. The minimum Gasteiger partial charge on any atom is -0.484 e. The van der Waals surface area contributed by atoms with Crippen molar-refractivity contribution in [2.75, 3.05) is 39.5 Å². The number of carbonyl (C=O) groups excluding carboxylic acids is 1. The van der Waals surface area contributed by atoms with Crippen molar-refractivity contribution in [1.82, 2.24) is 10.2 Å². The SMILES string of the molecule is CC(C)c1cccc(OCC(=O)NCC(C)(C)N2CCOCC2)c1. The summed E-state index contributed by atoms with van der Waals surface area (Å²) in [6.07, 6.45) is 0. The summed E-state index contributed by atoms with van der Waals surface area (Å²) in [6.45, 7) is 12.5. The molecule has 1 amide bonds. The van der Waals surface area contributed by atoms with Crippen LogP contribution >= 0.6 is 0 Å². The molecule has 0 saturated carbocycles. The lowest BCUT2D eigenvalue weighted by molar-refractivity contribution is -0.123. The number of carbonyl (C=O) groups is 1. The summed E-state index contributed by atoms with van der Waals surface area (Å²) in [6, 6.07) is 7.92. The van der Waals surface area contributed by atoms with Gasteiger partial charge >= 0.3 is 0 Å². The van der Waals surface area contributed by atoms with E-state index in [9.17, 15) is 4.79 Å². The molecule has 24 heavy (non-hydrogen) atoms. The van der Waals surface area contributed by atoms with Gasteiger partial charge in [0.2, 0.25) is 0 Å². The molecule has 1 aliphatic heterocycles. The number of amides is 1. The number of hydrogen-bond acceptors (Lipinski definition) is 4. The van der Waals surface area contributed by atoms with Crippen molar-refractivity contribution in [3.63, 3.8) is 0 Å². The molecule has 1 aromatic carbocycles. The molecule has 0 spiro atoms. The van der Waals surface area contributed by atoms with Crippen LogP contribution in [0.15, 0.2) is 24.3 Å². The standard InChI is InChI=1S/C19H30N2O3/c1-15(2)16-6-5-7-17(12-16)24-13-18(22)20-14-19(3,4)21-8-10-23-11-9-21/h5-7,12,15H,8-11,13-14H2,1-4H3,(H,20,22). The topological polar surface area (TPSA) is 50.8 Å². The first-order chi connectivity index (χ1) is 11.4. The van der Waals surface area contributed by atoms with Crippen molar-refractivity contribution in [2.45, 2.75) is 39.2 Å². The highest BCUT2D eigenvalue weighted by Gasteiger charge is 2.28. The maximum atomic E-state index is 12.1. The highest BCUT2D eigenvalue weighted by Crippen LogP contribution is 2.20. The molecule has 0 bridgehead atoms. The molecule has 0 atom stereocenters. The monoisotopic (exact) mass is 334 g/mol. The average molecular weight is 334 g/mol. The zero-order valence-electron chi connectivity index (χ0n) is 15.3. The van der Waals surface area contributed by atoms with Gasteiger partial charge in [-0.05, 0) is 37.5 Å². The van der Waals surface area contributed by atoms with Gasteiger partial charge in [-0.25, -0.2) is 0 Å². The summed E-state index contributed by atoms with van der Waals surface area (Å²) in [5, 5.41) is 2.98. The van der Waals surface area contributed by atoms with Gasteiger partial charge < -0.3 is 14.8 Å². The fraction of sp³-hybridized carbons (Fsp3) is 0.632. The fourth-order valence-electron chi connectivity index (χ4n) is 2.76. The quantitative estimate of drug-likeness (QED) is 0.832. The van der Waals surface area contributed by atoms with Crippen molar-refractivity contribution in [1.29, 1.82) is 0 Å². The number of morpholine rings is 1. The lowest BCUT2D eigenvalue weighted by atomic mass is 10.0. The van der Waals surface area contributed by atoms with Gasteiger partial charge in [-0.3, -0.25) is 9.69 Å². The van der Waals surface area contributed by atoms with Crippen molar-refractivity contribution >= 4 is 5.91 Å². The fourth-order valence-corrected chi connectivity index (χ4v) is 2.76. The Morgan fingerprint density at radius 2 is 2.04 bits per heavy atom. The number of rotatable bonds is 7. The molecule has 2 rings (SSSR count). The molecule has 1 saturated heterocycles. The van der Waals surface area contributed by atoms with Gasteiger partial charge in [0.15, 0.2) is 6.61 Å². The van der Waals surface area contributed by atoms with Gasteiger partial charge in [-0.1, -0.05) is 26.0 Å². The van der Waals surface area contributed by atoms with E-state index in [-0.39, 0.29) is 18.1 Å². The van der Waals surface area contributed by atoms with Crippen molar-refractivity contribution in [3.8, 4) is 5.75 Å². The number of nitrogens with one attached hydrogen (secondary N) is 1. The van der Waals surface area contributed by atoms with Gasteiger partial charge in [0, 0.05) is 25.2 Å². The highest BCUT2D eigenvalue weighted by molar-refractivity contribution is 5.77. The molecule has 5 heteroatoms. The predicted molar refractivity (Wildman–Crippen MR) is 95.5 cm³/mol. The Kier molecular flexibility index (Phi) is 6.63. The molecule has 134 valence electrons. The van der Waals surface area contributed by atoms with Gasteiger partial charge in [0.1, 0.15) is 5.75 Å². The van der Waals surface area contributed by atoms with Crippen LogP contribution in [0.2, 0.25) is 0 Å². The lowest BCUT2D eigenvalue weighted by Gasteiger charge is -2.40. The maximum absolute atomic E-state index is 12.1. The smallest absolute Gasteiger partial charge is 0.258 e. The van der Waals surface area contributed by atoms with E-state index in [0.29, 0.717) is 12.5 Å². The molecule has 0 unspecified atom stereocenters. The third-order valence-corrected chi connectivity index (χ3v) is 4.48. The first-order valence-corrected chi connectivity index (χ1v) is 8.71. The van der Waals surface area contributed by atoms with Crippen LogP contribution in [0.25, 0.3) is 0 Å². The van der Waals surface area contributed by atoms with E-state index in [2.05, 4.69) is 44.0 Å². The summed E-state index contributed by atoms with van der Waals surface area (Å²) in [5.74, 6) is 1.09. The van der Waals surface area contributed by atoms with Crippen LogP contribution in [0.4, 0.5) is 0 Å². The van der Waals surface area contributed by atoms with Crippen LogP contribution < -0.4 is 10.1 Å². The molecule has 5 nitrogen and oxygen atoms in total. The van der Waals surface area contributed by atoms with Gasteiger partial charge in [-0.15, -0.1) is 0 Å². The third-order valence-electron chi connectivity index (χ3n) is 4.48. The molecular formula is C19H30N2O3. The number of benzene rings is 1. The van der Waals surface area contributed by atoms with Crippen LogP contribution in [-0.2, 0) is 9.53 Å². The van der Waals surface area contributed by atoms with E-state index in [1.54, 1.807) is 0 Å². The normalized spacial score (nSPS) is 16.2. The number of hydrogen-bond donors (Lipinski definition) is 1. The van der Waals surface area contributed by atoms with E-state index < -0.39 is 0 Å². The summed E-state index contributed by atoms with van der Waals surface area (Å²) in [4.78, 5) is 14.4. The molecule has 0 aromatic heterocycles. The predicted octanol–water partition coefficient (Wildman–Crippen LogP) is 2.42. The van der Waals surface area contributed by atoms with Gasteiger partial charge in [0.05, 0.1) is 13.2 Å². The molecule has 1 aliphatic rings. The molecule has 1 aromatic rings. The summed E-state index contributed by atoms with van der Waals surface area (Å²) in [7, 11) is 0. The zero-order valence-corrected chi connectivity index (χ0v) is 15.3. The van der Waals surface area contributed by atoms with Crippen LogP contribution in [0.5, 0.6) is 5.75 Å². The Morgan fingerprint density at radius 1 is 1.33 bits per heavy atom. The Bertz CT molecular complexity index is 537. The molecule has 0 aliphatic carbocycles. The lowest BCUT2D eigenvalue weighted by Crippen LogP contribution is -2.55. The molecule has 1 N–H and O–H groups in total. The molecular weight excluding hydrogens is 304 g/mol. The van der Waals surface area contributed by atoms with Gasteiger partial charge in [0.25, 0.3) is 5.91 Å². The van der Waals surface area contributed by atoms with Crippen LogP contribution in [-0.4, -0.2) is 55.8 Å². The van der Waals surface area contributed by atoms with Crippen LogP contribution in [0.1, 0.15) is 39.2 Å². The maximum Gasteiger partial charge on any atom is 0.258 e. The summed E-state index contributed by atoms with van der Waals surface area (Å²) < 4.78 is 11.0. The molecule has 1 heterocycles. The van der Waals surface area contributed by atoms with E-state index in [1.807, 2.05) is 18.2 Å². The Balaban J connectivity index is 1.77. The second kappa shape index (κ2) is 8.49. The Labute approximate surface area is 145 Å². The average Bonchev–Trinajstić information content (AvgIpc) is 2.59. The largest absolute Gasteiger partial charge is 0.484 e. The second-order valence-corrected chi connectivity index (χ2v) is 7.20. The second-order valence-electron chi connectivity index (χ2n) is 7.20. The van der Waals surface area contributed by atoms with Crippen LogP contribution in [0, 0.1) is 0 Å². The minimum absolute atomic E-state index is 0.0424. The number of nitrogens with zero attached hydrogens (tertiary/aromatic N) is 1. The Hall–Kier alpha value is -1.59. The van der Waals surface area contributed by atoms with E-state index in [0.717, 1.165) is 32.1 Å². The summed E-state index contributed by atoms with van der Waals surface area (Å²) in [5.41, 5.74) is 1.12.